The fourth-order valence-corrected chi connectivity index (χ4v) is 2.94. The van der Waals surface area contributed by atoms with E-state index in [1.165, 1.54) is 30.5 Å². The second-order valence-corrected chi connectivity index (χ2v) is 5.44. The Morgan fingerprint density at radius 3 is 2.06 bits per heavy atom. The Kier molecular flexibility index (Phi) is 3.74. The van der Waals surface area contributed by atoms with Crippen molar-refractivity contribution in [3.63, 3.8) is 0 Å². The van der Waals surface area contributed by atoms with Gasteiger partial charge in [0.25, 0.3) is 0 Å². The minimum Gasteiger partial charge on any atom is -0.205 e. The molecule has 3 nitrogen and oxygen atoms in total. The van der Waals surface area contributed by atoms with Gasteiger partial charge in [-0.3, -0.25) is 0 Å². The molecule has 0 aromatic heterocycles. The molecule has 0 bridgehead atoms. The zero-order valence-electron chi connectivity index (χ0n) is 8.10. The molecule has 1 aromatic carbocycles. The number of hydrogen-bond acceptors (Lipinski definition) is 3. The molecule has 8 heteroatoms. The smallest absolute Gasteiger partial charge is 0.205 e. The van der Waals surface area contributed by atoms with E-state index in [1.807, 2.05) is 0 Å². The van der Waals surface area contributed by atoms with Crippen LogP contribution in [0.4, 0.5) is 18.9 Å². The Morgan fingerprint density at radius 2 is 1.69 bits per heavy atom. The highest BCUT2D eigenvalue weighted by atomic mass is 32.3. The van der Waals surface area contributed by atoms with E-state index in [2.05, 4.69) is 0 Å². The maximum absolute atomic E-state index is 12.3. The van der Waals surface area contributed by atoms with Crippen LogP contribution in [0.3, 0.4) is 0 Å². The summed E-state index contributed by atoms with van der Waals surface area (Å²) in [6.45, 7) is 0. The number of hydrogen-bond donors (Lipinski definition) is 0. The molecule has 1 aromatic rings. The molecule has 0 aliphatic rings. The third-order valence-electron chi connectivity index (χ3n) is 1.64. The third-order valence-corrected chi connectivity index (χ3v) is 4.45. The van der Waals surface area contributed by atoms with E-state index in [9.17, 15) is 21.6 Å². The van der Waals surface area contributed by atoms with Crippen molar-refractivity contribution in [3.8, 4) is 0 Å². The standard InChI is InChI=1S/C8H8F3NO2S2/c1-15-12(7-5-3-2-4-6-7)16(13,14)8(9,10)11/h2-6H,1H3. The topological polar surface area (TPSA) is 37.4 Å². The number of benzene rings is 1. The molecular formula is C8H8F3NO2S2. The summed E-state index contributed by atoms with van der Waals surface area (Å²) in [6, 6.07) is 7.09. The number of anilines is 1. The molecule has 0 saturated carbocycles. The summed E-state index contributed by atoms with van der Waals surface area (Å²) >= 11 is 0.482. The second-order valence-electron chi connectivity index (χ2n) is 2.70. The molecule has 0 radical (unpaired) electrons. The van der Waals surface area contributed by atoms with Crippen molar-refractivity contribution in [1.29, 1.82) is 0 Å². The van der Waals surface area contributed by atoms with Crippen molar-refractivity contribution in [1.82, 2.24) is 0 Å². The van der Waals surface area contributed by atoms with Crippen LogP contribution in [0.5, 0.6) is 0 Å². The maximum atomic E-state index is 12.3. The molecule has 16 heavy (non-hydrogen) atoms. The van der Waals surface area contributed by atoms with Crippen molar-refractivity contribution in [2.24, 2.45) is 0 Å². The van der Waals surface area contributed by atoms with E-state index in [1.54, 1.807) is 6.07 Å². The van der Waals surface area contributed by atoms with Gasteiger partial charge in [-0.1, -0.05) is 18.2 Å². The van der Waals surface area contributed by atoms with Gasteiger partial charge in [0.05, 0.1) is 5.69 Å². The molecule has 0 heterocycles. The van der Waals surface area contributed by atoms with Crippen molar-refractivity contribution in [2.45, 2.75) is 5.51 Å². The van der Waals surface area contributed by atoms with E-state index in [0.29, 0.717) is 11.9 Å². The Bertz CT molecular complexity index is 444. The lowest BCUT2D eigenvalue weighted by molar-refractivity contribution is -0.0433. The average Bonchev–Trinajstić information content (AvgIpc) is 2.18. The molecular weight excluding hydrogens is 263 g/mol. The molecule has 0 aliphatic heterocycles. The highest BCUT2D eigenvalue weighted by molar-refractivity contribution is 8.14. The minimum atomic E-state index is -5.35. The van der Waals surface area contributed by atoms with Crippen molar-refractivity contribution >= 4 is 27.7 Å². The molecule has 90 valence electrons. The second kappa shape index (κ2) is 4.54. The zero-order valence-corrected chi connectivity index (χ0v) is 9.73. The lowest BCUT2D eigenvalue weighted by Gasteiger charge is -2.22. The van der Waals surface area contributed by atoms with Crippen LogP contribution in [-0.4, -0.2) is 20.2 Å². The van der Waals surface area contributed by atoms with E-state index in [0.717, 1.165) is 0 Å². The first-order valence-electron chi connectivity index (χ1n) is 4.01. The van der Waals surface area contributed by atoms with E-state index in [-0.39, 0.29) is 9.40 Å². The summed E-state index contributed by atoms with van der Waals surface area (Å²) in [6.07, 6.45) is 1.26. The van der Waals surface area contributed by atoms with Crippen molar-refractivity contribution < 1.29 is 21.6 Å². The summed E-state index contributed by atoms with van der Waals surface area (Å²) in [5, 5.41) is 0. The van der Waals surface area contributed by atoms with Gasteiger partial charge in [0, 0.05) is 6.26 Å². The molecule has 0 amide bonds. The number of alkyl halides is 3. The monoisotopic (exact) mass is 271 g/mol. The van der Waals surface area contributed by atoms with Crippen molar-refractivity contribution in [2.75, 3.05) is 9.97 Å². The van der Waals surface area contributed by atoms with E-state index < -0.39 is 15.5 Å². The minimum absolute atomic E-state index is 0.0349. The van der Waals surface area contributed by atoms with Crippen LogP contribution in [0.2, 0.25) is 0 Å². The molecule has 0 aliphatic carbocycles. The van der Waals surface area contributed by atoms with E-state index >= 15 is 0 Å². The Hall–Kier alpha value is -0.890. The average molecular weight is 271 g/mol. The Morgan fingerprint density at radius 1 is 1.19 bits per heavy atom. The predicted molar refractivity (Wildman–Crippen MR) is 57.4 cm³/mol. The van der Waals surface area contributed by atoms with Gasteiger partial charge >= 0.3 is 15.5 Å². The molecule has 0 fully saturated rings. The Balaban J connectivity index is 3.20. The fourth-order valence-electron chi connectivity index (χ4n) is 0.986. The first-order chi connectivity index (χ1) is 7.30. The summed E-state index contributed by atoms with van der Waals surface area (Å²) < 4.78 is 59.5. The molecule has 1 rings (SSSR count). The number of sulfonamides is 1. The van der Waals surface area contributed by atoms with Gasteiger partial charge in [-0.25, -0.2) is 3.71 Å². The van der Waals surface area contributed by atoms with Gasteiger partial charge in [0.1, 0.15) is 0 Å². The van der Waals surface area contributed by atoms with Crippen LogP contribution in [-0.2, 0) is 10.0 Å². The first kappa shape index (κ1) is 13.2. The van der Waals surface area contributed by atoms with Gasteiger partial charge in [-0.05, 0) is 24.1 Å². The highest BCUT2D eigenvalue weighted by Gasteiger charge is 2.50. The molecule has 0 N–H and O–H groups in total. The quantitative estimate of drug-likeness (QED) is 0.793. The van der Waals surface area contributed by atoms with Crippen LogP contribution in [0.15, 0.2) is 30.3 Å². The van der Waals surface area contributed by atoms with Crippen LogP contribution < -0.4 is 3.71 Å². The van der Waals surface area contributed by atoms with Gasteiger partial charge < -0.3 is 0 Å². The molecule has 0 unspecified atom stereocenters. The normalized spacial score (nSPS) is 12.5. The Labute approximate surface area is 95.4 Å². The van der Waals surface area contributed by atoms with Crippen LogP contribution in [0, 0.1) is 0 Å². The highest BCUT2D eigenvalue weighted by Crippen LogP contribution is 2.34. The summed E-state index contributed by atoms with van der Waals surface area (Å²) in [5.41, 5.74) is -5.33. The molecule has 0 atom stereocenters. The molecule has 0 saturated heterocycles. The van der Waals surface area contributed by atoms with Crippen LogP contribution in [0.1, 0.15) is 0 Å². The third kappa shape index (κ3) is 2.43. The predicted octanol–water partition coefficient (Wildman–Crippen LogP) is 2.62. The van der Waals surface area contributed by atoms with Gasteiger partial charge in [0.2, 0.25) is 0 Å². The SMILES string of the molecule is CSN(c1ccccc1)S(=O)(=O)C(F)(F)F. The number of nitrogens with zero attached hydrogens (tertiary/aromatic N) is 1. The van der Waals surface area contributed by atoms with Crippen LogP contribution in [0.25, 0.3) is 0 Å². The van der Waals surface area contributed by atoms with Crippen molar-refractivity contribution in [3.05, 3.63) is 30.3 Å². The summed E-state index contributed by atoms with van der Waals surface area (Å²) in [5.74, 6) is 0. The largest absolute Gasteiger partial charge is 0.517 e. The van der Waals surface area contributed by atoms with Crippen LogP contribution >= 0.6 is 11.9 Å². The molecule has 0 spiro atoms. The lowest BCUT2D eigenvalue weighted by atomic mass is 10.3. The maximum Gasteiger partial charge on any atom is 0.517 e. The lowest BCUT2D eigenvalue weighted by Crippen LogP contribution is -2.36. The van der Waals surface area contributed by atoms with E-state index in [4.69, 9.17) is 0 Å². The zero-order chi connectivity index (χ0) is 12.4. The van der Waals surface area contributed by atoms with Gasteiger partial charge in [-0.2, -0.15) is 21.6 Å². The first-order valence-corrected chi connectivity index (χ1v) is 6.63. The number of para-hydroxylation sites is 1. The summed E-state index contributed by atoms with van der Waals surface area (Å²) in [7, 11) is -5.35. The van der Waals surface area contributed by atoms with Gasteiger partial charge in [0.15, 0.2) is 0 Å². The van der Waals surface area contributed by atoms with Gasteiger partial charge in [-0.15, -0.1) is 0 Å². The fraction of sp³-hybridized carbons (Fsp3) is 0.250. The number of rotatable bonds is 3. The summed E-state index contributed by atoms with van der Waals surface area (Å²) in [4.78, 5) is 0. The number of halogens is 3.